The minimum absolute atomic E-state index is 0.267. The van der Waals surface area contributed by atoms with E-state index >= 15 is 0 Å². The van der Waals surface area contributed by atoms with Crippen molar-refractivity contribution in [1.82, 2.24) is 9.38 Å². The maximum Gasteiger partial charge on any atom is 0.291 e. The second-order valence-electron chi connectivity index (χ2n) is 5.90. The third-order valence-corrected chi connectivity index (χ3v) is 4.95. The molecule has 5 aromatic rings. The number of amides is 1. The lowest BCUT2D eigenvalue weighted by atomic mass is 10.1. The Morgan fingerprint density at radius 1 is 1.12 bits per heavy atom. The van der Waals surface area contributed by atoms with Crippen LogP contribution in [-0.4, -0.2) is 15.3 Å². The summed E-state index contributed by atoms with van der Waals surface area (Å²) >= 11 is 1.60. The van der Waals surface area contributed by atoms with Gasteiger partial charge in [0.15, 0.2) is 10.7 Å². The van der Waals surface area contributed by atoms with Crippen molar-refractivity contribution < 1.29 is 9.21 Å². The maximum atomic E-state index is 12.4. The Morgan fingerprint density at radius 2 is 1.96 bits per heavy atom. The molecule has 6 heteroatoms. The van der Waals surface area contributed by atoms with Gasteiger partial charge in [-0.1, -0.05) is 30.3 Å². The normalized spacial score (nSPS) is 11.2. The molecule has 0 radical (unpaired) electrons. The van der Waals surface area contributed by atoms with E-state index in [0.717, 1.165) is 21.6 Å². The van der Waals surface area contributed by atoms with E-state index in [1.54, 1.807) is 17.4 Å². The highest BCUT2D eigenvalue weighted by atomic mass is 32.1. The summed E-state index contributed by atoms with van der Waals surface area (Å²) in [6, 6.07) is 16.9. The van der Waals surface area contributed by atoms with Crippen molar-refractivity contribution in [3.63, 3.8) is 0 Å². The number of carbonyl (C=O) groups is 1. The largest absolute Gasteiger partial charge is 0.451 e. The highest BCUT2D eigenvalue weighted by molar-refractivity contribution is 7.15. The fourth-order valence-corrected chi connectivity index (χ4v) is 3.58. The summed E-state index contributed by atoms with van der Waals surface area (Å²) in [5, 5.41) is 5.78. The Kier molecular flexibility index (Phi) is 3.36. The number of furan rings is 1. The first kappa shape index (κ1) is 14.9. The molecule has 0 aliphatic carbocycles. The number of rotatable bonds is 3. The van der Waals surface area contributed by atoms with Crippen LogP contribution in [0.3, 0.4) is 0 Å². The molecule has 0 spiro atoms. The molecule has 3 heterocycles. The summed E-state index contributed by atoms with van der Waals surface area (Å²) in [5.74, 6) is 0.0288. The van der Waals surface area contributed by atoms with Crippen molar-refractivity contribution in [1.29, 1.82) is 0 Å². The summed E-state index contributed by atoms with van der Waals surface area (Å²) in [5.41, 5.74) is 3.32. The van der Waals surface area contributed by atoms with Gasteiger partial charge in [-0.3, -0.25) is 9.20 Å². The van der Waals surface area contributed by atoms with E-state index in [1.165, 1.54) is 0 Å². The van der Waals surface area contributed by atoms with Crippen LogP contribution in [0.1, 0.15) is 10.6 Å². The molecule has 0 saturated carbocycles. The molecule has 3 aromatic heterocycles. The van der Waals surface area contributed by atoms with Crippen molar-refractivity contribution in [2.24, 2.45) is 0 Å². The van der Waals surface area contributed by atoms with Gasteiger partial charge in [-0.05, 0) is 24.3 Å². The topological polar surface area (TPSA) is 59.5 Å². The smallest absolute Gasteiger partial charge is 0.291 e. The van der Waals surface area contributed by atoms with Gasteiger partial charge in [-0.15, -0.1) is 11.3 Å². The number of carbonyl (C=O) groups excluding carboxylic acids is 1. The number of hydrogen-bond acceptors (Lipinski definition) is 4. The Balaban J connectivity index is 1.37. The Hall–Kier alpha value is -3.38. The SMILES string of the molecule is O=C(Nc1ccc(-c2cn3ccsc3n2)cc1)c1cc2ccccc2o1. The summed E-state index contributed by atoms with van der Waals surface area (Å²) in [7, 11) is 0. The van der Waals surface area contributed by atoms with E-state index in [4.69, 9.17) is 4.42 Å². The summed E-state index contributed by atoms with van der Waals surface area (Å²) in [6.45, 7) is 0. The average molecular weight is 359 g/mol. The Morgan fingerprint density at radius 3 is 2.77 bits per heavy atom. The second-order valence-corrected chi connectivity index (χ2v) is 6.77. The molecule has 1 amide bonds. The number of nitrogens with zero attached hydrogens (tertiary/aromatic N) is 2. The van der Waals surface area contributed by atoms with Gasteiger partial charge in [0.1, 0.15) is 5.58 Å². The monoisotopic (exact) mass is 359 g/mol. The molecular weight excluding hydrogens is 346 g/mol. The first-order chi connectivity index (χ1) is 12.8. The number of benzene rings is 2. The third-order valence-electron chi connectivity index (χ3n) is 4.18. The zero-order valence-electron chi connectivity index (χ0n) is 13.5. The summed E-state index contributed by atoms with van der Waals surface area (Å²) < 4.78 is 7.59. The van der Waals surface area contributed by atoms with Crippen molar-refractivity contribution in [3.05, 3.63) is 78.1 Å². The van der Waals surface area contributed by atoms with Crippen LogP contribution in [0.5, 0.6) is 0 Å². The molecule has 0 unspecified atom stereocenters. The summed E-state index contributed by atoms with van der Waals surface area (Å²) in [4.78, 5) is 17.9. The standard InChI is InChI=1S/C20H13N3O2S/c24-19(18-11-14-3-1-2-4-17(14)25-18)21-15-7-5-13(6-8-15)16-12-23-9-10-26-20(23)22-16/h1-12H,(H,21,24). The van der Waals surface area contributed by atoms with Gasteiger partial charge in [0.05, 0.1) is 5.69 Å². The maximum absolute atomic E-state index is 12.4. The Labute approximate surface area is 152 Å². The van der Waals surface area contributed by atoms with Gasteiger partial charge >= 0.3 is 0 Å². The number of anilines is 1. The minimum atomic E-state index is -0.267. The lowest BCUT2D eigenvalue weighted by Gasteiger charge is -2.04. The molecule has 26 heavy (non-hydrogen) atoms. The molecule has 2 aromatic carbocycles. The molecule has 0 saturated heterocycles. The highest BCUT2D eigenvalue weighted by Crippen LogP contribution is 2.24. The quantitative estimate of drug-likeness (QED) is 0.490. The third kappa shape index (κ3) is 2.57. The minimum Gasteiger partial charge on any atom is -0.451 e. The molecule has 5 rings (SSSR count). The Bertz CT molecular complexity index is 1170. The molecule has 5 nitrogen and oxygen atoms in total. The molecule has 0 bridgehead atoms. The van der Waals surface area contributed by atoms with Crippen LogP contribution in [0.2, 0.25) is 0 Å². The number of para-hydroxylation sites is 1. The molecule has 0 atom stereocenters. The van der Waals surface area contributed by atoms with E-state index in [0.29, 0.717) is 17.0 Å². The van der Waals surface area contributed by atoms with Gasteiger partial charge in [0.2, 0.25) is 0 Å². The fourth-order valence-electron chi connectivity index (χ4n) is 2.88. The number of thiazole rings is 1. The van der Waals surface area contributed by atoms with Crippen LogP contribution in [0.4, 0.5) is 5.69 Å². The molecule has 126 valence electrons. The molecule has 0 fully saturated rings. The zero-order valence-corrected chi connectivity index (χ0v) is 14.4. The first-order valence-corrected chi connectivity index (χ1v) is 8.97. The molecular formula is C20H13N3O2S. The predicted molar refractivity (Wildman–Crippen MR) is 103 cm³/mol. The molecule has 1 N–H and O–H groups in total. The lowest BCUT2D eigenvalue weighted by molar-refractivity contribution is 0.0998. The van der Waals surface area contributed by atoms with E-state index in [1.807, 2.05) is 70.7 Å². The number of fused-ring (bicyclic) bond motifs is 2. The van der Waals surface area contributed by atoms with E-state index < -0.39 is 0 Å². The van der Waals surface area contributed by atoms with E-state index in [9.17, 15) is 4.79 Å². The van der Waals surface area contributed by atoms with E-state index in [-0.39, 0.29) is 5.91 Å². The molecule has 0 aliphatic heterocycles. The van der Waals surface area contributed by atoms with Crippen molar-refractivity contribution in [3.8, 4) is 11.3 Å². The van der Waals surface area contributed by atoms with Crippen molar-refractivity contribution in [2.75, 3.05) is 5.32 Å². The number of aromatic nitrogens is 2. The fraction of sp³-hybridized carbons (Fsp3) is 0. The van der Waals surface area contributed by atoms with Crippen LogP contribution in [0.25, 0.3) is 27.2 Å². The second kappa shape index (κ2) is 5.86. The van der Waals surface area contributed by atoms with Crippen LogP contribution in [0.15, 0.2) is 76.8 Å². The van der Waals surface area contributed by atoms with Gasteiger partial charge < -0.3 is 9.73 Å². The summed E-state index contributed by atoms with van der Waals surface area (Å²) in [6.07, 6.45) is 3.98. The highest BCUT2D eigenvalue weighted by Gasteiger charge is 2.12. The van der Waals surface area contributed by atoms with Crippen molar-refractivity contribution in [2.45, 2.75) is 0 Å². The van der Waals surface area contributed by atoms with Crippen LogP contribution < -0.4 is 5.32 Å². The van der Waals surface area contributed by atoms with Gasteiger partial charge in [-0.25, -0.2) is 4.98 Å². The first-order valence-electron chi connectivity index (χ1n) is 8.09. The number of hydrogen-bond donors (Lipinski definition) is 1. The number of nitrogens with one attached hydrogen (secondary N) is 1. The van der Waals surface area contributed by atoms with E-state index in [2.05, 4.69) is 10.3 Å². The van der Waals surface area contributed by atoms with Gasteiger partial charge in [-0.2, -0.15) is 0 Å². The lowest BCUT2D eigenvalue weighted by Crippen LogP contribution is -2.10. The van der Waals surface area contributed by atoms with Gasteiger partial charge in [0, 0.05) is 34.4 Å². The zero-order chi connectivity index (χ0) is 17.5. The van der Waals surface area contributed by atoms with Crippen LogP contribution >= 0.6 is 11.3 Å². The average Bonchev–Trinajstić information content (AvgIpc) is 3.36. The van der Waals surface area contributed by atoms with Crippen LogP contribution in [0, 0.1) is 0 Å². The van der Waals surface area contributed by atoms with Crippen LogP contribution in [-0.2, 0) is 0 Å². The number of imidazole rings is 1. The molecule has 0 aliphatic rings. The predicted octanol–water partition coefficient (Wildman–Crippen LogP) is 5.06. The van der Waals surface area contributed by atoms with Crippen molar-refractivity contribution >= 4 is 38.9 Å². The van der Waals surface area contributed by atoms with Gasteiger partial charge in [0.25, 0.3) is 5.91 Å².